The second-order valence-electron chi connectivity index (χ2n) is 7.95. The third kappa shape index (κ3) is 5.03. The number of carbonyl (C=O) groups is 2. The van der Waals surface area contributed by atoms with Crippen LogP contribution in [0.3, 0.4) is 0 Å². The molecule has 2 heterocycles. The summed E-state index contributed by atoms with van der Waals surface area (Å²) in [5.74, 6) is 0.307. The maximum atomic E-state index is 13.2. The minimum atomic E-state index is -0.595. The zero-order chi connectivity index (χ0) is 21.2. The van der Waals surface area contributed by atoms with E-state index < -0.39 is 17.7 Å². The van der Waals surface area contributed by atoms with Crippen LogP contribution >= 0.6 is 11.6 Å². The molecule has 0 unspecified atom stereocenters. The van der Waals surface area contributed by atoms with Crippen LogP contribution in [0.1, 0.15) is 48.7 Å². The van der Waals surface area contributed by atoms with Crippen LogP contribution < -0.4 is 0 Å². The zero-order valence-corrected chi connectivity index (χ0v) is 17.8. The van der Waals surface area contributed by atoms with E-state index in [0.717, 1.165) is 5.56 Å². The zero-order valence-electron chi connectivity index (χ0n) is 17.1. The van der Waals surface area contributed by atoms with Gasteiger partial charge >= 0.3 is 6.09 Å². The van der Waals surface area contributed by atoms with Crippen molar-refractivity contribution < 1.29 is 14.3 Å². The number of hydrogen-bond acceptors (Lipinski definition) is 5. The Labute approximate surface area is 175 Å². The molecule has 1 saturated heterocycles. The molecular weight excluding hydrogens is 392 g/mol. The average Bonchev–Trinajstić information content (AvgIpc) is 2.66. The number of amides is 2. The molecule has 1 aliphatic rings. The normalized spacial score (nSPS) is 17.2. The first-order valence-electron chi connectivity index (χ1n) is 9.48. The SMILES string of the molecule is Cc1nccc(C(=O)N2CCN(C(=O)OC(C)(C)C)C[C@@H]2c2ccccc2Cl)n1. The number of benzene rings is 1. The van der Waals surface area contributed by atoms with Crippen LogP contribution in [0.15, 0.2) is 36.5 Å². The van der Waals surface area contributed by atoms with Crippen LogP contribution in [0.2, 0.25) is 5.02 Å². The lowest BCUT2D eigenvalue weighted by atomic mass is 10.0. The van der Waals surface area contributed by atoms with Gasteiger partial charge in [0.15, 0.2) is 0 Å². The maximum Gasteiger partial charge on any atom is 0.410 e. The smallest absolute Gasteiger partial charge is 0.410 e. The van der Waals surface area contributed by atoms with Crippen molar-refractivity contribution in [3.05, 3.63) is 58.6 Å². The van der Waals surface area contributed by atoms with Gasteiger partial charge < -0.3 is 14.5 Å². The molecule has 8 heteroatoms. The van der Waals surface area contributed by atoms with Gasteiger partial charge in [0, 0.05) is 30.9 Å². The maximum absolute atomic E-state index is 13.2. The highest BCUT2D eigenvalue weighted by molar-refractivity contribution is 6.31. The van der Waals surface area contributed by atoms with Crippen LogP contribution in [0.25, 0.3) is 0 Å². The van der Waals surface area contributed by atoms with Crippen molar-refractivity contribution in [3.63, 3.8) is 0 Å². The molecule has 1 aliphatic heterocycles. The van der Waals surface area contributed by atoms with Gasteiger partial charge in [-0.15, -0.1) is 0 Å². The molecule has 0 aliphatic carbocycles. The molecule has 0 spiro atoms. The highest BCUT2D eigenvalue weighted by Gasteiger charge is 2.36. The molecule has 3 rings (SSSR count). The molecule has 1 aromatic carbocycles. The summed E-state index contributed by atoms with van der Waals surface area (Å²) in [6.45, 7) is 8.22. The monoisotopic (exact) mass is 416 g/mol. The minimum absolute atomic E-state index is 0.218. The number of carbonyl (C=O) groups excluding carboxylic acids is 2. The van der Waals surface area contributed by atoms with Gasteiger partial charge in [-0.25, -0.2) is 14.8 Å². The van der Waals surface area contributed by atoms with Crippen molar-refractivity contribution in [1.82, 2.24) is 19.8 Å². The second-order valence-corrected chi connectivity index (χ2v) is 8.36. The molecule has 0 N–H and O–H groups in total. The summed E-state index contributed by atoms with van der Waals surface area (Å²) in [5, 5.41) is 0.542. The van der Waals surface area contributed by atoms with Crippen molar-refractivity contribution in [1.29, 1.82) is 0 Å². The molecule has 29 heavy (non-hydrogen) atoms. The van der Waals surface area contributed by atoms with Gasteiger partial charge in [-0.2, -0.15) is 0 Å². The van der Waals surface area contributed by atoms with E-state index in [1.165, 1.54) is 0 Å². The van der Waals surface area contributed by atoms with Crippen molar-refractivity contribution in [2.24, 2.45) is 0 Å². The van der Waals surface area contributed by atoms with Crippen molar-refractivity contribution in [3.8, 4) is 0 Å². The molecule has 0 bridgehead atoms. The van der Waals surface area contributed by atoms with Crippen molar-refractivity contribution in [2.75, 3.05) is 19.6 Å². The fraction of sp³-hybridized carbons (Fsp3) is 0.429. The first kappa shape index (κ1) is 21.0. The van der Waals surface area contributed by atoms with Gasteiger partial charge in [-0.1, -0.05) is 29.8 Å². The van der Waals surface area contributed by atoms with Crippen LogP contribution in [-0.2, 0) is 4.74 Å². The topological polar surface area (TPSA) is 75.6 Å². The minimum Gasteiger partial charge on any atom is -0.444 e. The van der Waals surface area contributed by atoms with E-state index in [0.29, 0.717) is 29.6 Å². The van der Waals surface area contributed by atoms with Gasteiger partial charge in [0.25, 0.3) is 5.91 Å². The summed E-state index contributed by atoms with van der Waals surface area (Å²) >= 11 is 6.43. The Morgan fingerprint density at radius 2 is 1.90 bits per heavy atom. The Kier molecular flexibility index (Phi) is 6.07. The van der Waals surface area contributed by atoms with Gasteiger partial charge in [-0.05, 0) is 45.4 Å². The summed E-state index contributed by atoms with van der Waals surface area (Å²) in [7, 11) is 0. The Bertz CT molecular complexity index is 913. The highest BCUT2D eigenvalue weighted by atomic mass is 35.5. The predicted molar refractivity (Wildman–Crippen MR) is 110 cm³/mol. The third-order valence-corrected chi connectivity index (χ3v) is 4.90. The van der Waals surface area contributed by atoms with Gasteiger partial charge in [0.05, 0.1) is 6.04 Å². The predicted octanol–water partition coefficient (Wildman–Crippen LogP) is 3.87. The van der Waals surface area contributed by atoms with E-state index in [-0.39, 0.29) is 12.5 Å². The standard InChI is InChI=1S/C21H25ClN4O3/c1-14-23-10-9-17(24-14)19(27)26-12-11-25(20(28)29-21(2,3)4)13-18(26)15-7-5-6-8-16(15)22/h5-10,18H,11-13H2,1-4H3/t18-/m1/s1. The van der Waals surface area contributed by atoms with Crippen molar-refractivity contribution >= 4 is 23.6 Å². The number of piperazine rings is 1. The quantitative estimate of drug-likeness (QED) is 0.742. The van der Waals surface area contributed by atoms with E-state index >= 15 is 0 Å². The number of hydrogen-bond donors (Lipinski definition) is 0. The third-order valence-electron chi connectivity index (χ3n) is 4.55. The van der Waals surface area contributed by atoms with E-state index in [1.807, 2.05) is 39.0 Å². The van der Waals surface area contributed by atoms with Gasteiger partial charge in [0.1, 0.15) is 17.1 Å². The summed E-state index contributed by atoms with van der Waals surface area (Å²) in [6.07, 6.45) is 1.16. The molecule has 2 amide bonds. The number of aryl methyl sites for hydroxylation is 1. The molecule has 0 saturated carbocycles. The Morgan fingerprint density at radius 3 is 2.55 bits per heavy atom. The number of halogens is 1. The summed E-state index contributed by atoms with van der Waals surface area (Å²) < 4.78 is 5.52. The van der Waals surface area contributed by atoms with Crippen LogP contribution in [0, 0.1) is 6.92 Å². The molecule has 7 nitrogen and oxygen atoms in total. The fourth-order valence-corrected chi connectivity index (χ4v) is 3.51. The number of nitrogens with zero attached hydrogens (tertiary/aromatic N) is 4. The number of rotatable bonds is 2. The lowest BCUT2D eigenvalue weighted by Crippen LogP contribution is -2.53. The van der Waals surface area contributed by atoms with Crippen LogP contribution in [0.5, 0.6) is 0 Å². The fourth-order valence-electron chi connectivity index (χ4n) is 3.25. The van der Waals surface area contributed by atoms with Gasteiger partial charge in [0.2, 0.25) is 0 Å². The largest absolute Gasteiger partial charge is 0.444 e. The molecule has 2 aromatic rings. The van der Waals surface area contributed by atoms with E-state index in [2.05, 4.69) is 9.97 Å². The lowest BCUT2D eigenvalue weighted by Gasteiger charge is -2.42. The van der Waals surface area contributed by atoms with Crippen molar-refractivity contribution in [2.45, 2.75) is 39.3 Å². The van der Waals surface area contributed by atoms with E-state index in [4.69, 9.17) is 16.3 Å². The number of ether oxygens (including phenoxy) is 1. The molecule has 0 radical (unpaired) electrons. The molecule has 1 aromatic heterocycles. The van der Waals surface area contributed by atoms with Crippen LogP contribution in [-0.4, -0.2) is 57.0 Å². The molecule has 154 valence electrons. The van der Waals surface area contributed by atoms with Crippen LogP contribution in [0.4, 0.5) is 4.79 Å². The Hall–Kier alpha value is -2.67. The molecule has 1 fully saturated rings. The first-order valence-corrected chi connectivity index (χ1v) is 9.86. The second kappa shape index (κ2) is 8.37. The van der Waals surface area contributed by atoms with E-state index in [1.54, 1.807) is 35.1 Å². The van der Waals surface area contributed by atoms with Gasteiger partial charge in [-0.3, -0.25) is 4.79 Å². The highest BCUT2D eigenvalue weighted by Crippen LogP contribution is 2.32. The van der Waals surface area contributed by atoms with E-state index in [9.17, 15) is 9.59 Å². The summed E-state index contributed by atoms with van der Waals surface area (Å²) in [4.78, 5) is 37.5. The summed E-state index contributed by atoms with van der Waals surface area (Å²) in [6, 6.07) is 8.54. The molecular formula is C21H25ClN4O3. The first-order chi connectivity index (χ1) is 13.7. The molecule has 1 atom stereocenters. The average molecular weight is 417 g/mol. The number of aromatic nitrogens is 2. The summed E-state index contributed by atoms with van der Waals surface area (Å²) in [5.41, 5.74) is 0.504. The lowest BCUT2D eigenvalue weighted by molar-refractivity contribution is 0.00396. The Balaban J connectivity index is 1.91. The Morgan fingerprint density at radius 1 is 1.17 bits per heavy atom.